The third-order valence-corrected chi connectivity index (χ3v) is 5.49. The Labute approximate surface area is 189 Å². The monoisotopic (exact) mass is 427 g/mol. The lowest BCUT2D eigenvalue weighted by Gasteiger charge is -2.21. The number of fused-ring (bicyclic) bond motifs is 1. The molecule has 1 aromatic heterocycles. The molecule has 0 saturated heterocycles. The highest BCUT2D eigenvalue weighted by Crippen LogP contribution is 2.26. The predicted octanol–water partition coefficient (Wildman–Crippen LogP) is 5.84. The van der Waals surface area contributed by atoms with Crippen molar-refractivity contribution in [3.63, 3.8) is 0 Å². The Morgan fingerprint density at radius 3 is 2.31 bits per heavy atom. The molecule has 0 radical (unpaired) electrons. The maximum Gasteiger partial charge on any atom is 0.229 e. The van der Waals surface area contributed by atoms with E-state index in [1.165, 1.54) is 5.69 Å². The van der Waals surface area contributed by atoms with Crippen LogP contribution < -0.4 is 20.3 Å². The van der Waals surface area contributed by atoms with Crippen molar-refractivity contribution in [3.8, 4) is 5.75 Å². The highest BCUT2D eigenvalue weighted by Gasteiger charge is 2.10. The number of para-hydroxylation sites is 2. The lowest BCUT2D eigenvalue weighted by molar-refractivity contribution is 0.410. The number of benzene rings is 3. The van der Waals surface area contributed by atoms with Crippen LogP contribution in [0.4, 0.5) is 23.1 Å². The van der Waals surface area contributed by atoms with Gasteiger partial charge in [-0.3, -0.25) is 0 Å². The molecule has 0 bridgehead atoms. The molecule has 0 atom stereocenters. The van der Waals surface area contributed by atoms with Crippen molar-refractivity contribution in [1.82, 2.24) is 9.97 Å². The van der Waals surface area contributed by atoms with E-state index in [1.54, 1.807) is 7.11 Å². The average Bonchev–Trinajstić information content (AvgIpc) is 2.84. The molecule has 0 aliphatic carbocycles. The van der Waals surface area contributed by atoms with Gasteiger partial charge in [0.1, 0.15) is 11.6 Å². The summed E-state index contributed by atoms with van der Waals surface area (Å²) in [6, 6.07) is 24.4. The Kier molecular flexibility index (Phi) is 6.70. The molecule has 0 unspecified atom stereocenters. The molecule has 1 heterocycles. The Hall–Kier alpha value is -3.80. The molecule has 6 heteroatoms. The van der Waals surface area contributed by atoms with Gasteiger partial charge in [-0.2, -0.15) is 4.98 Å². The highest BCUT2D eigenvalue weighted by atomic mass is 16.5. The van der Waals surface area contributed by atoms with Gasteiger partial charge in [0.2, 0.25) is 5.95 Å². The summed E-state index contributed by atoms with van der Waals surface area (Å²) in [6.07, 6.45) is 0. The summed E-state index contributed by atoms with van der Waals surface area (Å²) in [5.74, 6) is 2.19. The van der Waals surface area contributed by atoms with E-state index >= 15 is 0 Å². The van der Waals surface area contributed by atoms with Gasteiger partial charge in [-0.05, 0) is 56.3 Å². The zero-order valence-corrected chi connectivity index (χ0v) is 18.8. The molecule has 0 aliphatic heterocycles. The van der Waals surface area contributed by atoms with Crippen molar-refractivity contribution in [2.45, 2.75) is 20.4 Å². The van der Waals surface area contributed by atoms with E-state index in [4.69, 9.17) is 14.7 Å². The SMILES string of the molecule is CCN(CC)c1ccc(Nc2nc(NCc3ccccc3OC)c3ccccc3n2)cc1. The lowest BCUT2D eigenvalue weighted by atomic mass is 10.2. The summed E-state index contributed by atoms with van der Waals surface area (Å²) in [5.41, 5.74) is 4.11. The average molecular weight is 428 g/mol. The Bertz CT molecular complexity index is 1170. The molecule has 0 fully saturated rings. The second-order valence-corrected chi connectivity index (χ2v) is 7.42. The summed E-state index contributed by atoms with van der Waals surface area (Å²) < 4.78 is 5.48. The molecule has 0 aliphatic rings. The predicted molar refractivity (Wildman–Crippen MR) is 133 cm³/mol. The first-order valence-electron chi connectivity index (χ1n) is 11.0. The molecule has 6 nitrogen and oxygen atoms in total. The van der Waals surface area contributed by atoms with Gasteiger partial charge in [0.25, 0.3) is 0 Å². The molecule has 0 spiro atoms. The van der Waals surface area contributed by atoms with Gasteiger partial charge in [0, 0.05) is 42.0 Å². The molecule has 4 aromatic rings. The first-order chi connectivity index (χ1) is 15.7. The maximum absolute atomic E-state index is 5.48. The number of nitrogens with zero attached hydrogens (tertiary/aromatic N) is 3. The van der Waals surface area contributed by atoms with Crippen molar-refractivity contribution in [2.75, 3.05) is 35.7 Å². The van der Waals surface area contributed by atoms with Gasteiger partial charge in [0.05, 0.1) is 12.6 Å². The number of rotatable bonds is 9. The van der Waals surface area contributed by atoms with Gasteiger partial charge in [-0.25, -0.2) is 4.98 Å². The first-order valence-corrected chi connectivity index (χ1v) is 11.0. The topological polar surface area (TPSA) is 62.3 Å². The van der Waals surface area contributed by atoms with Crippen LogP contribution in [0.2, 0.25) is 0 Å². The molecule has 0 amide bonds. The van der Waals surface area contributed by atoms with Crippen LogP contribution in [-0.4, -0.2) is 30.2 Å². The fourth-order valence-electron chi connectivity index (χ4n) is 3.77. The Morgan fingerprint density at radius 1 is 0.844 bits per heavy atom. The Balaban J connectivity index is 1.59. The van der Waals surface area contributed by atoms with E-state index < -0.39 is 0 Å². The standard InChI is InChI=1S/C26H29N5O/c1-4-31(5-2)21-16-14-20(15-17-21)28-26-29-23-12-8-7-11-22(23)25(30-26)27-18-19-10-6-9-13-24(19)32-3/h6-17H,4-5,18H2,1-3H3,(H2,27,28,29,30). The van der Waals surface area contributed by atoms with Crippen molar-refractivity contribution in [2.24, 2.45) is 0 Å². The molecule has 4 rings (SSSR count). The number of nitrogens with one attached hydrogen (secondary N) is 2. The van der Waals surface area contributed by atoms with Gasteiger partial charge >= 0.3 is 0 Å². The molecule has 3 aromatic carbocycles. The minimum absolute atomic E-state index is 0.557. The molecular formula is C26H29N5O. The van der Waals surface area contributed by atoms with Crippen LogP contribution in [0.1, 0.15) is 19.4 Å². The lowest BCUT2D eigenvalue weighted by Crippen LogP contribution is -2.21. The minimum Gasteiger partial charge on any atom is -0.496 e. The van der Waals surface area contributed by atoms with Gasteiger partial charge in [0.15, 0.2) is 0 Å². The molecule has 0 saturated carbocycles. The fraction of sp³-hybridized carbons (Fsp3) is 0.231. The quantitative estimate of drug-likeness (QED) is 0.350. The summed E-state index contributed by atoms with van der Waals surface area (Å²) in [5, 5.41) is 7.80. The van der Waals surface area contributed by atoms with Gasteiger partial charge < -0.3 is 20.3 Å². The van der Waals surface area contributed by atoms with Crippen molar-refractivity contribution >= 4 is 34.0 Å². The van der Waals surface area contributed by atoms with Crippen LogP contribution >= 0.6 is 0 Å². The second kappa shape index (κ2) is 10.0. The molecule has 2 N–H and O–H groups in total. The van der Waals surface area contributed by atoms with E-state index in [1.807, 2.05) is 48.5 Å². The van der Waals surface area contributed by atoms with E-state index in [9.17, 15) is 0 Å². The largest absolute Gasteiger partial charge is 0.496 e. The number of ether oxygens (including phenoxy) is 1. The second-order valence-electron chi connectivity index (χ2n) is 7.42. The number of hydrogen-bond donors (Lipinski definition) is 2. The van der Waals surface area contributed by atoms with Crippen LogP contribution in [-0.2, 0) is 6.54 Å². The smallest absolute Gasteiger partial charge is 0.229 e. The minimum atomic E-state index is 0.557. The molecule has 164 valence electrons. The number of anilines is 4. The van der Waals surface area contributed by atoms with Gasteiger partial charge in [-0.15, -0.1) is 0 Å². The maximum atomic E-state index is 5.48. The van der Waals surface area contributed by atoms with Gasteiger partial charge in [-0.1, -0.05) is 30.3 Å². The number of hydrogen-bond acceptors (Lipinski definition) is 6. The Morgan fingerprint density at radius 2 is 1.56 bits per heavy atom. The summed E-state index contributed by atoms with van der Waals surface area (Å²) in [6.45, 7) is 6.90. The van der Waals surface area contributed by atoms with Crippen LogP contribution in [0.25, 0.3) is 10.9 Å². The number of aromatic nitrogens is 2. The summed E-state index contributed by atoms with van der Waals surface area (Å²) in [4.78, 5) is 11.8. The molecule has 32 heavy (non-hydrogen) atoms. The first kappa shape index (κ1) is 21.4. The third kappa shape index (κ3) is 4.75. The highest BCUT2D eigenvalue weighted by molar-refractivity contribution is 5.90. The zero-order chi connectivity index (χ0) is 22.3. The van der Waals surface area contributed by atoms with Crippen LogP contribution in [0.3, 0.4) is 0 Å². The van der Waals surface area contributed by atoms with E-state index in [0.29, 0.717) is 12.5 Å². The fourth-order valence-corrected chi connectivity index (χ4v) is 3.77. The molecular weight excluding hydrogens is 398 g/mol. The normalized spacial score (nSPS) is 10.7. The summed E-state index contributed by atoms with van der Waals surface area (Å²) >= 11 is 0. The van der Waals surface area contributed by atoms with Crippen molar-refractivity contribution in [3.05, 3.63) is 78.4 Å². The summed E-state index contributed by atoms with van der Waals surface area (Å²) in [7, 11) is 1.69. The van der Waals surface area contributed by atoms with E-state index in [-0.39, 0.29) is 0 Å². The van der Waals surface area contributed by atoms with Crippen molar-refractivity contribution < 1.29 is 4.74 Å². The third-order valence-electron chi connectivity index (χ3n) is 5.49. The van der Waals surface area contributed by atoms with Crippen molar-refractivity contribution in [1.29, 1.82) is 0 Å². The van der Waals surface area contributed by atoms with Crippen LogP contribution in [0, 0.1) is 0 Å². The van der Waals surface area contributed by atoms with E-state index in [0.717, 1.165) is 46.8 Å². The van der Waals surface area contributed by atoms with Crippen LogP contribution in [0.5, 0.6) is 5.75 Å². The van der Waals surface area contributed by atoms with E-state index in [2.05, 4.69) is 53.6 Å². The number of methoxy groups -OCH3 is 1. The zero-order valence-electron chi connectivity index (χ0n) is 18.8. The van der Waals surface area contributed by atoms with Crippen LogP contribution in [0.15, 0.2) is 72.8 Å².